The van der Waals surface area contributed by atoms with Gasteiger partial charge in [-0.05, 0) is 5.56 Å². The van der Waals surface area contributed by atoms with Gasteiger partial charge in [-0.25, -0.2) is 10.1 Å². The van der Waals surface area contributed by atoms with Crippen LogP contribution in [0.3, 0.4) is 0 Å². The van der Waals surface area contributed by atoms with Gasteiger partial charge >= 0.3 is 0 Å². The topological polar surface area (TPSA) is 55.1 Å². The summed E-state index contributed by atoms with van der Waals surface area (Å²) in [5, 5.41) is 8.35. The van der Waals surface area contributed by atoms with E-state index in [0.29, 0.717) is 12.5 Å². The lowest BCUT2D eigenvalue weighted by atomic mass is 10.1. The van der Waals surface area contributed by atoms with Gasteiger partial charge in [0.15, 0.2) is 0 Å². The molecule has 0 spiro atoms. The Morgan fingerprint density at radius 1 is 1.20 bits per heavy atom. The molecule has 3 rings (SSSR count). The average molecular weight is 199 g/mol. The van der Waals surface area contributed by atoms with Crippen LogP contribution in [0.25, 0.3) is 0 Å². The van der Waals surface area contributed by atoms with Crippen molar-refractivity contribution in [3.63, 3.8) is 0 Å². The molecule has 0 aliphatic carbocycles. The lowest BCUT2D eigenvalue weighted by Gasteiger charge is -2.13. The van der Waals surface area contributed by atoms with Gasteiger partial charge in [-0.15, -0.1) is 0 Å². The number of hydrogen-bond donors (Lipinski definition) is 1. The summed E-state index contributed by atoms with van der Waals surface area (Å²) >= 11 is 0. The van der Waals surface area contributed by atoms with Crippen molar-refractivity contribution in [1.29, 1.82) is 0 Å². The number of nitrogens with zero attached hydrogens (tertiary/aromatic N) is 4. The minimum atomic E-state index is 0.659. The zero-order valence-electron chi connectivity index (χ0n) is 7.96. The molecule has 0 bridgehead atoms. The van der Waals surface area contributed by atoms with E-state index in [1.165, 1.54) is 6.33 Å². The highest BCUT2D eigenvalue weighted by molar-refractivity contribution is 6.01. The van der Waals surface area contributed by atoms with Gasteiger partial charge in [0.05, 0.1) is 12.3 Å². The maximum absolute atomic E-state index is 4.26. The predicted octanol–water partition coefficient (Wildman–Crippen LogP) is 1.11. The second-order valence-corrected chi connectivity index (χ2v) is 3.28. The van der Waals surface area contributed by atoms with Crippen molar-refractivity contribution >= 4 is 11.7 Å². The van der Waals surface area contributed by atoms with Crippen molar-refractivity contribution in [3.8, 4) is 0 Å². The van der Waals surface area contributed by atoms with Gasteiger partial charge in [-0.1, -0.05) is 30.3 Å². The first-order valence-electron chi connectivity index (χ1n) is 4.69. The molecule has 0 atom stereocenters. The molecule has 5 nitrogen and oxygen atoms in total. The fourth-order valence-corrected chi connectivity index (χ4v) is 1.55. The normalized spacial score (nSPS) is 14.0. The van der Waals surface area contributed by atoms with Crippen LogP contribution in [0.15, 0.2) is 41.8 Å². The smallest absolute Gasteiger partial charge is 0.242 e. The molecule has 1 aliphatic heterocycles. The van der Waals surface area contributed by atoms with Gasteiger partial charge in [-0.2, -0.15) is 15.2 Å². The van der Waals surface area contributed by atoms with Crippen LogP contribution in [0.4, 0.5) is 5.95 Å². The van der Waals surface area contributed by atoms with Crippen molar-refractivity contribution in [2.75, 3.05) is 5.43 Å². The summed E-state index contributed by atoms with van der Waals surface area (Å²) in [4.78, 5) is 4.02. The van der Waals surface area contributed by atoms with Gasteiger partial charge in [0.25, 0.3) is 0 Å². The predicted molar refractivity (Wildman–Crippen MR) is 56.6 cm³/mol. The number of nitrogens with one attached hydrogen (secondary N) is 1. The Morgan fingerprint density at radius 3 is 2.93 bits per heavy atom. The van der Waals surface area contributed by atoms with E-state index in [1.54, 1.807) is 4.68 Å². The Balaban J connectivity index is 1.95. The minimum absolute atomic E-state index is 0.659. The van der Waals surface area contributed by atoms with Crippen LogP contribution in [-0.4, -0.2) is 20.5 Å². The molecule has 74 valence electrons. The summed E-state index contributed by atoms with van der Waals surface area (Å²) in [7, 11) is 0. The molecule has 1 N–H and O–H groups in total. The van der Waals surface area contributed by atoms with E-state index in [-0.39, 0.29) is 0 Å². The zero-order chi connectivity index (χ0) is 10.1. The molecule has 0 radical (unpaired) electrons. The van der Waals surface area contributed by atoms with Crippen LogP contribution in [0.5, 0.6) is 0 Å². The Morgan fingerprint density at radius 2 is 2.07 bits per heavy atom. The molecule has 0 saturated carbocycles. The fourth-order valence-electron chi connectivity index (χ4n) is 1.55. The van der Waals surface area contributed by atoms with Crippen molar-refractivity contribution in [3.05, 3.63) is 42.2 Å². The second kappa shape index (κ2) is 3.20. The Kier molecular flexibility index (Phi) is 1.74. The summed E-state index contributed by atoms with van der Waals surface area (Å²) in [5.41, 5.74) is 4.94. The zero-order valence-corrected chi connectivity index (χ0v) is 7.96. The van der Waals surface area contributed by atoms with E-state index in [0.717, 1.165) is 11.3 Å². The van der Waals surface area contributed by atoms with Crippen LogP contribution >= 0.6 is 0 Å². The second-order valence-electron chi connectivity index (χ2n) is 3.28. The van der Waals surface area contributed by atoms with E-state index in [1.807, 2.05) is 30.3 Å². The third-order valence-electron chi connectivity index (χ3n) is 2.31. The van der Waals surface area contributed by atoms with Gasteiger partial charge in [-0.3, -0.25) is 0 Å². The molecule has 0 fully saturated rings. The molecule has 2 heterocycles. The van der Waals surface area contributed by atoms with E-state index in [4.69, 9.17) is 0 Å². The summed E-state index contributed by atoms with van der Waals surface area (Å²) in [6, 6.07) is 10.0. The summed E-state index contributed by atoms with van der Waals surface area (Å²) in [6.45, 7) is 0.659. The molecule has 0 unspecified atom stereocenters. The standard InChI is InChI=1S/C10H9N5/c1-2-4-8(5-3-1)9-6-15-10(14-13-9)11-7-12-15/h1-5,7H,6H2,(H,11,12,14). The highest BCUT2D eigenvalue weighted by Crippen LogP contribution is 2.11. The van der Waals surface area contributed by atoms with Crippen molar-refractivity contribution in [2.45, 2.75) is 6.54 Å². The van der Waals surface area contributed by atoms with E-state index in [9.17, 15) is 0 Å². The summed E-state index contributed by atoms with van der Waals surface area (Å²) < 4.78 is 1.79. The van der Waals surface area contributed by atoms with Crippen LogP contribution in [0.1, 0.15) is 5.56 Å². The van der Waals surface area contributed by atoms with Gasteiger partial charge < -0.3 is 0 Å². The quantitative estimate of drug-likeness (QED) is 0.748. The Hall–Kier alpha value is -2.17. The molecule has 2 aromatic rings. The molecule has 1 aliphatic rings. The van der Waals surface area contributed by atoms with Crippen LogP contribution in [-0.2, 0) is 6.54 Å². The molecular weight excluding hydrogens is 190 g/mol. The Bertz CT molecular complexity index is 500. The fraction of sp³-hybridized carbons (Fsp3) is 0.100. The third kappa shape index (κ3) is 1.38. The summed E-state index contributed by atoms with van der Waals surface area (Å²) in [6.07, 6.45) is 1.52. The monoisotopic (exact) mass is 199 g/mol. The van der Waals surface area contributed by atoms with Gasteiger partial charge in [0.1, 0.15) is 6.33 Å². The molecule has 5 heteroatoms. The molecule has 0 amide bonds. The first kappa shape index (κ1) is 8.16. The number of rotatable bonds is 1. The van der Waals surface area contributed by atoms with Crippen LogP contribution in [0.2, 0.25) is 0 Å². The number of aromatic nitrogens is 3. The first-order valence-corrected chi connectivity index (χ1v) is 4.69. The van der Waals surface area contributed by atoms with E-state index in [2.05, 4.69) is 20.6 Å². The maximum Gasteiger partial charge on any atom is 0.242 e. The average Bonchev–Trinajstić information content (AvgIpc) is 2.77. The molecule has 1 aromatic heterocycles. The SMILES string of the molecule is c1ccc(C2=NNc3ncnn3C2)cc1. The minimum Gasteiger partial charge on any atom is -0.245 e. The molecule has 0 saturated heterocycles. The van der Waals surface area contributed by atoms with E-state index < -0.39 is 0 Å². The number of anilines is 1. The highest BCUT2D eigenvalue weighted by atomic mass is 15.5. The van der Waals surface area contributed by atoms with E-state index >= 15 is 0 Å². The number of fused-ring (bicyclic) bond motifs is 1. The lowest BCUT2D eigenvalue weighted by Crippen LogP contribution is -2.21. The Labute approximate surface area is 86.5 Å². The largest absolute Gasteiger partial charge is 0.245 e. The lowest BCUT2D eigenvalue weighted by molar-refractivity contribution is 0.712. The maximum atomic E-state index is 4.26. The van der Waals surface area contributed by atoms with Gasteiger partial charge in [0.2, 0.25) is 5.95 Å². The highest BCUT2D eigenvalue weighted by Gasteiger charge is 2.13. The molecule has 15 heavy (non-hydrogen) atoms. The third-order valence-corrected chi connectivity index (χ3v) is 2.31. The number of hydrazone groups is 1. The van der Waals surface area contributed by atoms with Crippen LogP contribution in [0, 0.1) is 0 Å². The number of benzene rings is 1. The first-order chi connectivity index (χ1) is 7.43. The summed E-state index contributed by atoms with van der Waals surface area (Å²) in [5.74, 6) is 0.690. The molecular formula is C10H9N5. The van der Waals surface area contributed by atoms with Crippen molar-refractivity contribution in [1.82, 2.24) is 14.8 Å². The van der Waals surface area contributed by atoms with Crippen LogP contribution < -0.4 is 5.43 Å². The number of hydrogen-bond acceptors (Lipinski definition) is 4. The van der Waals surface area contributed by atoms with Crippen molar-refractivity contribution < 1.29 is 0 Å². The van der Waals surface area contributed by atoms with Gasteiger partial charge in [0, 0.05) is 0 Å². The molecule has 1 aromatic carbocycles. The van der Waals surface area contributed by atoms with Crippen molar-refractivity contribution in [2.24, 2.45) is 5.10 Å².